The number of carbonyl (C=O) groups is 1. The lowest BCUT2D eigenvalue weighted by molar-refractivity contribution is -0.130. The first-order valence-electron chi connectivity index (χ1n) is 5.82. The molecule has 18 heavy (non-hydrogen) atoms. The van der Waals surface area contributed by atoms with E-state index in [4.69, 9.17) is 4.74 Å². The number of unbranched alkanes of at least 4 members (excludes halogenated alkanes) is 1. The van der Waals surface area contributed by atoms with Crippen molar-refractivity contribution in [3.8, 4) is 5.75 Å². The molecule has 0 atom stereocenters. The fourth-order valence-corrected chi connectivity index (χ4v) is 1.40. The molecule has 0 spiro atoms. The van der Waals surface area contributed by atoms with Gasteiger partial charge in [0.15, 0.2) is 11.6 Å². The highest BCUT2D eigenvalue weighted by atomic mass is 19.2. The Morgan fingerprint density at radius 2 is 2.00 bits per heavy atom. The summed E-state index contributed by atoms with van der Waals surface area (Å²) in [6, 6.07) is 2.71. The lowest BCUT2D eigenvalue weighted by Gasteiger charge is -2.08. The van der Waals surface area contributed by atoms with Gasteiger partial charge >= 0.3 is 5.97 Å². The summed E-state index contributed by atoms with van der Waals surface area (Å²) in [4.78, 5) is 11.2. The molecule has 0 unspecified atom stereocenters. The molecular formula is C14H16F2O2. The molecule has 0 fully saturated rings. The first-order valence-corrected chi connectivity index (χ1v) is 5.82. The topological polar surface area (TPSA) is 26.3 Å². The van der Waals surface area contributed by atoms with Gasteiger partial charge in [-0.3, -0.25) is 0 Å². The van der Waals surface area contributed by atoms with E-state index in [1.54, 1.807) is 0 Å². The molecule has 4 heteroatoms. The molecule has 98 valence electrons. The van der Waals surface area contributed by atoms with E-state index in [9.17, 15) is 13.6 Å². The SMILES string of the molecule is C=C(C)C(=O)Oc1ccc(CCCC)c(F)c1F. The van der Waals surface area contributed by atoms with E-state index < -0.39 is 23.4 Å². The van der Waals surface area contributed by atoms with Gasteiger partial charge in [0.2, 0.25) is 5.82 Å². The number of hydrogen-bond acceptors (Lipinski definition) is 2. The minimum Gasteiger partial charge on any atom is -0.420 e. The fraction of sp³-hybridized carbons (Fsp3) is 0.357. The molecule has 0 bridgehead atoms. The maximum absolute atomic E-state index is 13.6. The molecule has 0 radical (unpaired) electrons. The summed E-state index contributed by atoms with van der Waals surface area (Å²) < 4.78 is 32.0. The number of benzene rings is 1. The van der Waals surface area contributed by atoms with Crippen molar-refractivity contribution in [3.63, 3.8) is 0 Å². The van der Waals surface area contributed by atoms with E-state index in [2.05, 4.69) is 6.58 Å². The third-order valence-corrected chi connectivity index (χ3v) is 2.48. The average Bonchev–Trinajstić information content (AvgIpc) is 2.34. The number of ether oxygens (including phenoxy) is 1. The molecule has 0 N–H and O–H groups in total. The van der Waals surface area contributed by atoms with Crippen molar-refractivity contribution in [2.24, 2.45) is 0 Å². The molecular weight excluding hydrogens is 238 g/mol. The van der Waals surface area contributed by atoms with Gasteiger partial charge in [-0.1, -0.05) is 26.0 Å². The van der Waals surface area contributed by atoms with Crippen LogP contribution < -0.4 is 4.74 Å². The third-order valence-electron chi connectivity index (χ3n) is 2.48. The highest BCUT2D eigenvalue weighted by Crippen LogP contribution is 2.24. The van der Waals surface area contributed by atoms with Crippen LogP contribution >= 0.6 is 0 Å². The second kappa shape index (κ2) is 6.28. The number of hydrogen-bond donors (Lipinski definition) is 0. The van der Waals surface area contributed by atoms with Gasteiger partial charge in [-0.25, -0.2) is 9.18 Å². The van der Waals surface area contributed by atoms with Crippen LogP contribution in [0, 0.1) is 11.6 Å². The van der Waals surface area contributed by atoms with Crippen molar-refractivity contribution < 1.29 is 18.3 Å². The molecule has 1 aromatic rings. The number of halogens is 2. The van der Waals surface area contributed by atoms with Crippen molar-refractivity contribution in [3.05, 3.63) is 41.5 Å². The Labute approximate surface area is 105 Å². The summed E-state index contributed by atoms with van der Waals surface area (Å²) in [6.07, 6.45) is 2.14. The Morgan fingerprint density at radius 1 is 1.33 bits per heavy atom. The Hall–Kier alpha value is -1.71. The smallest absolute Gasteiger partial charge is 0.338 e. The molecule has 1 aromatic carbocycles. The van der Waals surface area contributed by atoms with E-state index in [0.29, 0.717) is 12.0 Å². The third kappa shape index (κ3) is 3.39. The predicted octanol–water partition coefficient (Wildman–Crippen LogP) is 3.79. The summed E-state index contributed by atoms with van der Waals surface area (Å²) in [5.41, 5.74) is 0.425. The van der Waals surface area contributed by atoms with Gasteiger partial charge in [0.05, 0.1) is 0 Å². The average molecular weight is 254 g/mol. The molecule has 0 saturated carbocycles. The van der Waals surface area contributed by atoms with Crippen LogP contribution in [0.3, 0.4) is 0 Å². The first-order chi connectivity index (χ1) is 8.47. The molecule has 0 heterocycles. The second-order valence-corrected chi connectivity index (χ2v) is 4.12. The van der Waals surface area contributed by atoms with E-state index >= 15 is 0 Å². The highest BCUT2D eigenvalue weighted by Gasteiger charge is 2.16. The maximum atomic E-state index is 13.6. The summed E-state index contributed by atoms with van der Waals surface area (Å²) in [7, 11) is 0. The Bertz CT molecular complexity index is 467. The van der Waals surface area contributed by atoms with E-state index in [-0.39, 0.29) is 5.57 Å². The van der Waals surface area contributed by atoms with Gasteiger partial charge in [0, 0.05) is 5.57 Å². The van der Waals surface area contributed by atoms with Crippen molar-refractivity contribution in [1.29, 1.82) is 0 Å². The molecule has 0 aliphatic rings. The molecule has 0 saturated heterocycles. The van der Waals surface area contributed by atoms with E-state index in [1.807, 2.05) is 6.92 Å². The number of esters is 1. The van der Waals surface area contributed by atoms with Gasteiger partial charge in [0.1, 0.15) is 0 Å². The minimum absolute atomic E-state index is 0.130. The van der Waals surface area contributed by atoms with Crippen LogP contribution in [0.4, 0.5) is 8.78 Å². The first kappa shape index (κ1) is 14.4. The summed E-state index contributed by atoms with van der Waals surface area (Å²) >= 11 is 0. The lowest BCUT2D eigenvalue weighted by Crippen LogP contribution is -2.10. The molecule has 0 amide bonds. The lowest BCUT2D eigenvalue weighted by atomic mass is 10.1. The minimum atomic E-state index is -1.13. The molecule has 0 aliphatic heterocycles. The standard InChI is InChI=1S/C14H16F2O2/c1-4-5-6-10-7-8-11(13(16)12(10)15)18-14(17)9(2)3/h7-8H,2,4-6H2,1,3H3. The molecule has 0 aromatic heterocycles. The quantitative estimate of drug-likeness (QED) is 0.454. The predicted molar refractivity (Wildman–Crippen MR) is 65.4 cm³/mol. The van der Waals surface area contributed by atoms with Crippen molar-refractivity contribution in [1.82, 2.24) is 0 Å². The van der Waals surface area contributed by atoms with Crippen molar-refractivity contribution in [2.75, 3.05) is 0 Å². The maximum Gasteiger partial charge on any atom is 0.338 e. The number of carbonyl (C=O) groups excluding carboxylic acids is 1. The van der Waals surface area contributed by atoms with Crippen molar-refractivity contribution >= 4 is 5.97 Å². The van der Waals surface area contributed by atoms with Crippen LogP contribution in [-0.4, -0.2) is 5.97 Å². The Balaban J connectivity index is 2.93. The van der Waals surface area contributed by atoms with Gasteiger partial charge in [0.25, 0.3) is 0 Å². The molecule has 2 nitrogen and oxygen atoms in total. The highest BCUT2D eigenvalue weighted by molar-refractivity contribution is 5.88. The van der Waals surface area contributed by atoms with E-state index in [0.717, 1.165) is 12.8 Å². The second-order valence-electron chi connectivity index (χ2n) is 4.12. The van der Waals surface area contributed by atoms with Crippen LogP contribution in [0.2, 0.25) is 0 Å². The molecule has 1 rings (SSSR count). The number of rotatable bonds is 5. The molecule has 0 aliphatic carbocycles. The van der Waals surface area contributed by atoms with Crippen LogP contribution in [-0.2, 0) is 11.2 Å². The summed E-state index contributed by atoms with van der Waals surface area (Å²) in [6.45, 7) is 6.78. The summed E-state index contributed by atoms with van der Waals surface area (Å²) in [5.74, 6) is -3.25. The van der Waals surface area contributed by atoms with Crippen LogP contribution in [0.15, 0.2) is 24.3 Å². The van der Waals surface area contributed by atoms with Crippen LogP contribution in [0.1, 0.15) is 32.3 Å². The zero-order valence-electron chi connectivity index (χ0n) is 10.6. The normalized spacial score (nSPS) is 10.2. The Morgan fingerprint density at radius 3 is 2.56 bits per heavy atom. The fourth-order valence-electron chi connectivity index (χ4n) is 1.40. The zero-order valence-corrected chi connectivity index (χ0v) is 10.6. The van der Waals surface area contributed by atoms with Crippen molar-refractivity contribution in [2.45, 2.75) is 33.1 Å². The Kier molecular flexibility index (Phi) is 5.01. The van der Waals surface area contributed by atoms with Gasteiger partial charge in [-0.05, 0) is 31.4 Å². The van der Waals surface area contributed by atoms with Gasteiger partial charge < -0.3 is 4.74 Å². The van der Waals surface area contributed by atoms with Gasteiger partial charge in [-0.2, -0.15) is 4.39 Å². The largest absolute Gasteiger partial charge is 0.420 e. The zero-order chi connectivity index (χ0) is 13.7. The van der Waals surface area contributed by atoms with E-state index in [1.165, 1.54) is 19.1 Å². The summed E-state index contributed by atoms with van der Waals surface area (Å²) in [5, 5.41) is 0. The monoisotopic (exact) mass is 254 g/mol. The van der Waals surface area contributed by atoms with Crippen LogP contribution in [0.5, 0.6) is 5.75 Å². The van der Waals surface area contributed by atoms with Crippen LogP contribution in [0.25, 0.3) is 0 Å². The number of aryl methyl sites for hydroxylation is 1. The van der Waals surface area contributed by atoms with Gasteiger partial charge in [-0.15, -0.1) is 0 Å².